The van der Waals surface area contributed by atoms with Crippen LogP contribution in [0.1, 0.15) is 75.1 Å². The second kappa shape index (κ2) is 11.3. The fourth-order valence-electron chi connectivity index (χ4n) is 8.19. The molecule has 3 aliphatic carbocycles. The molecule has 6 rings (SSSR count). The number of phenolic OH excluding ortho intramolecular Hbond substituents is 1. The number of fused-ring (bicyclic) bond motifs is 5. The Bertz CT molecular complexity index is 1240. The molecule has 5 bridgehead atoms. The number of benzene rings is 2. The van der Waals surface area contributed by atoms with E-state index in [-0.39, 0.29) is 10.8 Å². The molecule has 1 saturated carbocycles. The third-order valence-corrected chi connectivity index (χ3v) is 13.2. The number of phenols is 1. The van der Waals surface area contributed by atoms with Crippen molar-refractivity contribution >= 4 is 21.6 Å². The van der Waals surface area contributed by atoms with Crippen LogP contribution in [0.25, 0.3) is 0 Å². The lowest BCUT2D eigenvalue weighted by Crippen LogP contribution is -2.49. The predicted molar refractivity (Wildman–Crippen MR) is 169 cm³/mol. The molecule has 4 heteroatoms. The van der Waals surface area contributed by atoms with Crippen LogP contribution in [-0.2, 0) is 19.4 Å². The van der Waals surface area contributed by atoms with Crippen LogP contribution in [0.2, 0.25) is 0 Å². The van der Waals surface area contributed by atoms with E-state index in [2.05, 4.69) is 102 Å². The summed E-state index contributed by atoms with van der Waals surface area (Å²) < 4.78 is 0. The maximum Gasteiger partial charge on any atom is 0.116 e. The van der Waals surface area contributed by atoms with E-state index in [1.54, 1.807) is 0 Å². The molecule has 2 aromatic carbocycles. The molecule has 7 atom stereocenters. The maximum absolute atomic E-state index is 10.8. The molecule has 2 aromatic rings. The predicted octanol–water partition coefficient (Wildman–Crippen LogP) is 8.73. The van der Waals surface area contributed by atoms with Crippen molar-refractivity contribution in [2.45, 2.75) is 83.6 Å². The highest BCUT2D eigenvalue weighted by Crippen LogP contribution is 2.62. The molecule has 0 amide bonds. The van der Waals surface area contributed by atoms with Crippen LogP contribution in [0.15, 0.2) is 66.8 Å². The van der Waals surface area contributed by atoms with E-state index in [1.807, 2.05) is 12.1 Å². The summed E-state index contributed by atoms with van der Waals surface area (Å²) in [7, 11) is 4.18. The SMILES string of the molecule is C[C@H]1CC=C[C@](C)([C@@]23C=C[C@H]4SSC[C@@H](C)NCc5ccccc5Cc5cc(O)cc(c5)C[C@@H](C[C@@H]4C2)C3)C1. The van der Waals surface area contributed by atoms with E-state index in [1.165, 1.54) is 54.4 Å². The highest BCUT2D eigenvalue weighted by Gasteiger charge is 2.53. The van der Waals surface area contributed by atoms with Crippen molar-refractivity contribution in [1.82, 2.24) is 5.32 Å². The van der Waals surface area contributed by atoms with E-state index >= 15 is 0 Å². The first-order valence-corrected chi connectivity index (χ1v) is 17.5. The van der Waals surface area contributed by atoms with Gasteiger partial charge in [0.25, 0.3) is 0 Å². The van der Waals surface area contributed by atoms with Gasteiger partial charge in [-0.05, 0) is 115 Å². The maximum atomic E-state index is 10.8. The average molecular weight is 560 g/mol. The number of hydrogen-bond acceptors (Lipinski definition) is 4. The van der Waals surface area contributed by atoms with Crippen LogP contribution in [-0.4, -0.2) is 22.2 Å². The molecule has 0 unspecified atom stereocenters. The van der Waals surface area contributed by atoms with Gasteiger partial charge in [0.2, 0.25) is 0 Å². The van der Waals surface area contributed by atoms with Crippen LogP contribution in [0, 0.1) is 28.6 Å². The summed E-state index contributed by atoms with van der Waals surface area (Å²) in [6.45, 7) is 8.20. The Balaban J connectivity index is 1.36. The minimum Gasteiger partial charge on any atom is -0.508 e. The smallest absolute Gasteiger partial charge is 0.116 e. The lowest BCUT2D eigenvalue weighted by Gasteiger charge is -2.57. The Labute approximate surface area is 243 Å². The van der Waals surface area contributed by atoms with Crippen molar-refractivity contribution in [3.63, 3.8) is 0 Å². The van der Waals surface area contributed by atoms with Gasteiger partial charge in [0, 0.05) is 23.6 Å². The van der Waals surface area contributed by atoms with E-state index in [0.29, 0.717) is 28.9 Å². The molecule has 2 nitrogen and oxygen atoms in total. The van der Waals surface area contributed by atoms with Gasteiger partial charge in [-0.2, -0.15) is 0 Å². The highest BCUT2D eigenvalue weighted by atomic mass is 33.1. The largest absolute Gasteiger partial charge is 0.508 e. The van der Waals surface area contributed by atoms with Crippen molar-refractivity contribution in [1.29, 1.82) is 0 Å². The van der Waals surface area contributed by atoms with Crippen LogP contribution < -0.4 is 5.32 Å². The zero-order valence-corrected chi connectivity index (χ0v) is 25.5. The molecule has 208 valence electrons. The lowest BCUT2D eigenvalue weighted by atomic mass is 9.48. The first kappa shape index (κ1) is 27.5. The van der Waals surface area contributed by atoms with Crippen molar-refractivity contribution in [3.05, 3.63) is 89.0 Å². The Morgan fingerprint density at radius 1 is 0.974 bits per heavy atom. The summed E-state index contributed by atoms with van der Waals surface area (Å²) in [6, 6.07) is 15.6. The molecular formula is C35H45NOS2. The van der Waals surface area contributed by atoms with Gasteiger partial charge in [-0.3, -0.25) is 0 Å². The van der Waals surface area contributed by atoms with Gasteiger partial charge in [0.15, 0.2) is 0 Å². The molecular weight excluding hydrogens is 515 g/mol. The van der Waals surface area contributed by atoms with Gasteiger partial charge >= 0.3 is 0 Å². The summed E-state index contributed by atoms with van der Waals surface area (Å²) in [4.78, 5) is 0. The standard InChI is InChI=1S/C35H45NOS2/c1-24-7-6-11-34(3,19-24)35-12-10-33-31(21-35)16-28(20-35)14-26-13-27(18-32(37)17-26)15-29-8-4-5-9-30(29)22-36-25(2)23-38-39-33/h4-6,8-13,17-18,24-25,28,31,33,36-37H,7,14-16,19-23H2,1-3H3/t24-,25+,28-,31+,33+,34-,35+/m0/s1. The molecule has 0 saturated heterocycles. The highest BCUT2D eigenvalue weighted by molar-refractivity contribution is 8.77. The Kier molecular flexibility index (Phi) is 8.01. The summed E-state index contributed by atoms with van der Waals surface area (Å²) in [6.07, 6.45) is 18.7. The molecule has 2 N–H and O–H groups in total. The van der Waals surface area contributed by atoms with E-state index < -0.39 is 0 Å². The van der Waals surface area contributed by atoms with E-state index in [9.17, 15) is 5.11 Å². The summed E-state index contributed by atoms with van der Waals surface area (Å²) >= 11 is 0. The topological polar surface area (TPSA) is 32.3 Å². The molecule has 1 heterocycles. The van der Waals surface area contributed by atoms with Crippen molar-refractivity contribution in [2.75, 3.05) is 5.75 Å². The van der Waals surface area contributed by atoms with Gasteiger partial charge in [-0.25, -0.2) is 0 Å². The monoisotopic (exact) mass is 559 g/mol. The quantitative estimate of drug-likeness (QED) is 0.270. The fraction of sp³-hybridized carbons (Fsp3) is 0.543. The van der Waals surface area contributed by atoms with Gasteiger partial charge < -0.3 is 10.4 Å². The Morgan fingerprint density at radius 2 is 1.79 bits per heavy atom. The van der Waals surface area contributed by atoms with Gasteiger partial charge in [-0.15, -0.1) is 0 Å². The first-order chi connectivity index (χ1) is 18.8. The second-order valence-corrected chi connectivity index (χ2v) is 16.0. The summed E-state index contributed by atoms with van der Waals surface area (Å²) in [5.41, 5.74) is 5.71. The molecule has 1 aliphatic heterocycles. The number of aromatic hydroxyl groups is 1. The summed E-state index contributed by atoms with van der Waals surface area (Å²) in [5.74, 6) is 3.64. The summed E-state index contributed by atoms with van der Waals surface area (Å²) in [5, 5.41) is 15.2. The molecule has 4 aliphatic rings. The number of allylic oxidation sites excluding steroid dienone is 3. The number of hydrogen-bond donors (Lipinski definition) is 2. The molecule has 39 heavy (non-hydrogen) atoms. The zero-order chi connectivity index (χ0) is 27.0. The first-order valence-electron chi connectivity index (χ1n) is 15.1. The van der Waals surface area contributed by atoms with Crippen LogP contribution in [0.5, 0.6) is 5.75 Å². The molecule has 0 spiro atoms. The minimum absolute atomic E-state index is 0.228. The third-order valence-electron chi connectivity index (χ3n) is 10.1. The Morgan fingerprint density at radius 3 is 2.64 bits per heavy atom. The lowest BCUT2D eigenvalue weighted by molar-refractivity contribution is 0.0154. The van der Waals surface area contributed by atoms with Crippen LogP contribution in [0.4, 0.5) is 0 Å². The van der Waals surface area contributed by atoms with Crippen LogP contribution >= 0.6 is 21.6 Å². The van der Waals surface area contributed by atoms with Gasteiger partial charge in [0.1, 0.15) is 5.75 Å². The number of rotatable bonds is 1. The van der Waals surface area contributed by atoms with E-state index in [0.717, 1.165) is 31.1 Å². The average Bonchev–Trinajstić information content (AvgIpc) is 2.88. The Hall–Kier alpha value is -1.62. The number of nitrogens with one attached hydrogen (secondary N) is 1. The van der Waals surface area contributed by atoms with Crippen LogP contribution in [0.3, 0.4) is 0 Å². The minimum atomic E-state index is 0.228. The fourth-order valence-corrected chi connectivity index (χ4v) is 11.2. The molecule has 0 radical (unpaired) electrons. The molecule has 0 aromatic heterocycles. The van der Waals surface area contributed by atoms with Gasteiger partial charge in [-0.1, -0.05) is 90.1 Å². The van der Waals surface area contributed by atoms with Crippen molar-refractivity contribution in [3.8, 4) is 5.75 Å². The van der Waals surface area contributed by atoms with Crippen molar-refractivity contribution < 1.29 is 5.11 Å². The second-order valence-electron chi connectivity index (χ2n) is 13.4. The molecule has 1 fully saturated rings. The van der Waals surface area contributed by atoms with Crippen molar-refractivity contribution in [2.24, 2.45) is 28.6 Å². The third kappa shape index (κ3) is 5.90. The van der Waals surface area contributed by atoms with E-state index in [4.69, 9.17) is 0 Å². The zero-order valence-electron chi connectivity index (χ0n) is 23.9. The normalized spacial score (nSPS) is 36.7. The van der Waals surface area contributed by atoms with Gasteiger partial charge in [0.05, 0.1) is 0 Å².